The number of aliphatic hydroxyl groups is 1. The minimum absolute atomic E-state index is 0.403. The van der Waals surface area contributed by atoms with E-state index in [1.165, 1.54) is 25.7 Å². The number of aliphatic hydroxyl groups excluding tert-OH is 1. The fourth-order valence-electron chi connectivity index (χ4n) is 4.08. The molecule has 4 rings (SSSR count). The predicted molar refractivity (Wildman–Crippen MR) is 74.8 cm³/mol. The lowest BCUT2D eigenvalue weighted by Gasteiger charge is -2.06. The summed E-state index contributed by atoms with van der Waals surface area (Å²) >= 11 is 0. The second-order valence-electron chi connectivity index (χ2n) is 6.28. The topological polar surface area (TPSA) is 33.4 Å². The van der Waals surface area contributed by atoms with Gasteiger partial charge in [-0.05, 0) is 49.1 Å². The van der Waals surface area contributed by atoms with Gasteiger partial charge in [-0.1, -0.05) is 31.0 Å². The lowest BCUT2D eigenvalue weighted by atomic mass is 10.0. The zero-order chi connectivity index (χ0) is 13.0. The van der Waals surface area contributed by atoms with Crippen LogP contribution in [0.15, 0.2) is 28.7 Å². The van der Waals surface area contributed by atoms with Crippen LogP contribution in [-0.2, 0) is 0 Å². The van der Waals surface area contributed by atoms with Crippen LogP contribution in [-0.4, -0.2) is 5.11 Å². The summed E-state index contributed by atoms with van der Waals surface area (Å²) in [4.78, 5) is 0. The molecule has 0 radical (unpaired) electrons. The van der Waals surface area contributed by atoms with Crippen LogP contribution in [0, 0.1) is 24.7 Å². The number of hydrogen-bond acceptors (Lipinski definition) is 2. The van der Waals surface area contributed by atoms with Crippen molar-refractivity contribution in [3.8, 4) is 0 Å². The molecule has 0 spiro atoms. The van der Waals surface area contributed by atoms with Crippen LogP contribution >= 0.6 is 0 Å². The standard InChI is InChI=1S/C17H20O2/c1-10-5-4-6-11-9-14(19-17(10)11)16(18)15-12-7-2-3-8-13(12)15/h4-6,9,12-13,15-16,18H,2-3,7-8H2,1H3. The van der Waals surface area contributed by atoms with Crippen molar-refractivity contribution in [2.75, 3.05) is 0 Å². The molecule has 0 amide bonds. The van der Waals surface area contributed by atoms with Crippen molar-refractivity contribution < 1.29 is 9.52 Å². The number of hydrogen-bond donors (Lipinski definition) is 1. The highest BCUT2D eigenvalue weighted by Gasteiger charge is 2.54. The van der Waals surface area contributed by atoms with Gasteiger partial charge in [0.15, 0.2) is 0 Å². The van der Waals surface area contributed by atoms with E-state index in [0.29, 0.717) is 5.92 Å². The Kier molecular flexibility index (Phi) is 2.49. The first-order chi connectivity index (χ1) is 9.25. The molecule has 100 valence electrons. The Hall–Kier alpha value is -1.28. The largest absolute Gasteiger partial charge is 0.458 e. The highest BCUT2D eigenvalue weighted by molar-refractivity contribution is 5.80. The Morgan fingerprint density at radius 2 is 1.95 bits per heavy atom. The Morgan fingerprint density at radius 3 is 2.63 bits per heavy atom. The molecule has 1 heterocycles. The normalized spacial score (nSPS) is 31.2. The van der Waals surface area contributed by atoms with Crippen molar-refractivity contribution in [2.45, 2.75) is 38.7 Å². The van der Waals surface area contributed by atoms with Gasteiger partial charge in [0, 0.05) is 5.39 Å². The molecule has 2 nitrogen and oxygen atoms in total. The molecule has 0 bridgehead atoms. The van der Waals surface area contributed by atoms with Crippen molar-refractivity contribution in [1.29, 1.82) is 0 Å². The second kappa shape index (κ2) is 4.11. The van der Waals surface area contributed by atoms with E-state index in [1.54, 1.807) is 0 Å². The van der Waals surface area contributed by atoms with E-state index >= 15 is 0 Å². The van der Waals surface area contributed by atoms with Crippen molar-refractivity contribution in [3.05, 3.63) is 35.6 Å². The third-order valence-electron chi connectivity index (χ3n) is 5.14. The summed E-state index contributed by atoms with van der Waals surface area (Å²) in [6.45, 7) is 2.05. The molecule has 1 aromatic heterocycles. The molecular weight excluding hydrogens is 236 g/mol. The summed E-state index contributed by atoms with van der Waals surface area (Å²) in [6.07, 6.45) is 4.87. The Morgan fingerprint density at radius 1 is 1.21 bits per heavy atom. The van der Waals surface area contributed by atoms with Crippen LogP contribution in [0.2, 0.25) is 0 Å². The third kappa shape index (κ3) is 1.73. The van der Waals surface area contributed by atoms with Crippen LogP contribution in [0.4, 0.5) is 0 Å². The molecule has 2 aliphatic carbocycles. The number of furan rings is 1. The number of para-hydroxylation sites is 1. The maximum atomic E-state index is 10.6. The molecule has 1 aromatic carbocycles. The molecule has 2 saturated carbocycles. The number of rotatable bonds is 2. The van der Waals surface area contributed by atoms with E-state index in [-0.39, 0.29) is 0 Å². The average Bonchev–Trinajstić information content (AvgIpc) is 2.98. The average molecular weight is 256 g/mol. The monoisotopic (exact) mass is 256 g/mol. The highest BCUT2D eigenvalue weighted by Crippen LogP contribution is 2.60. The van der Waals surface area contributed by atoms with E-state index in [4.69, 9.17) is 4.42 Å². The maximum Gasteiger partial charge on any atom is 0.137 e. The first-order valence-electron chi connectivity index (χ1n) is 7.43. The van der Waals surface area contributed by atoms with Gasteiger partial charge in [0.25, 0.3) is 0 Å². The second-order valence-corrected chi connectivity index (χ2v) is 6.28. The summed E-state index contributed by atoms with van der Waals surface area (Å²) in [5.74, 6) is 2.71. The van der Waals surface area contributed by atoms with Crippen LogP contribution in [0.5, 0.6) is 0 Å². The lowest BCUT2D eigenvalue weighted by Crippen LogP contribution is -2.00. The third-order valence-corrected chi connectivity index (χ3v) is 5.14. The van der Waals surface area contributed by atoms with E-state index in [9.17, 15) is 5.11 Å². The number of benzene rings is 1. The molecule has 0 aliphatic heterocycles. The maximum absolute atomic E-state index is 10.6. The molecule has 2 heteroatoms. The van der Waals surface area contributed by atoms with Gasteiger partial charge in [-0.15, -0.1) is 0 Å². The quantitative estimate of drug-likeness (QED) is 0.873. The first-order valence-corrected chi connectivity index (χ1v) is 7.43. The Bertz CT molecular complexity index is 601. The number of fused-ring (bicyclic) bond motifs is 2. The van der Waals surface area contributed by atoms with Crippen LogP contribution < -0.4 is 0 Å². The van der Waals surface area contributed by atoms with E-state index < -0.39 is 6.10 Å². The molecule has 3 atom stereocenters. The summed E-state index contributed by atoms with van der Waals surface area (Å²) in [5.41, 5.74) is 2.07. The van der Waals surface area contributed by atoms with Gasteiger partial charge in [-0.25, -0.2) is 0 Å². The zero-order valence-corrected chi connectivity index (χ0v) is 11.3. The van der Waals surface area contributed by atoms with E-state index in [0.717, 1.165) is 34.1 Å². The van der Waals surface area contributed by atoms with Crippen LogP contribution in [0.1, 0.15) is 43.1 Å². The van der Waals surface area contributed by atoms with Gasteiger partial charge in [-0.3, -0.25) is 0 Å². The highest BCUT2D eigenvalue weighted by atomic mass is 16.4. The van der Waals surface area contributed by atoms with Gasteiger partial charge < -0.3 is 9.52 Å². The SMILES string of the molecule is Cc1cccc2cc(C(O)C3C4CCCCC43)oc12. The van der Waals surface area contributed by atoms with Gasteiger partial charge in [0.2, 0.25) is 0 Å². The van der Waals surface area contributed by atoms with Crippen molar-refractivity contribution in [3.63, 3.8) is 0 Å². The van der Waals surface area contributed by atoms with Crippen molar-refractivity contribution in [2.24, 2.45) is 17.8 Å². The van der Waals surface area contributed by atoms with Crippen molar-refractivity contribution in [1.82, 2.24) is 0 Å². The van der Waals surface area contributed by atoms with Gasteiger partial charge >= 0.3 is 0 Å². The minimum atomic E-state index is -0.403. The number of aryl methyl sites for hydroxylation is 1. The van der Waals surface area contributed by atoms with Crippen molar-refractivity contribution >= 4 is 11.0 Å². The van der Waals surface area contributed by atoms with Crippen LogP contribution in [0.25, 0.3) is 11.0 Å². The molecule has 3 unspecified atom stereocenters. The smallest absolute Gasteiger partial charge is 0.137 e. The van der Waals surface area contributed by atoms with Gasteiger partial charge in [0.1, 0.15) is 17.4 Å². The molecule has 0 saturated heterocycles. The zero-order valence-electron chi connectivity index (χ0n) is 11.3. The predicted octanol–water partition coefficient (Wildman–Crippen LogP) is 4.21. The molecular formula is C17H20O2. The summed E-state index contributed by atoms with van der Waals surface area (Å²) < 4.78 is 5.92. The lowest BCUT2D eigenvalue weighted by molar-refractivity contribution is 0.119. The van der Waals surface area contributed by atoms with Gasteiger partial charge in [-0.2, -0.15) is 0 Å². The Balaban J connectivity index is 1.65. The fraction of sp³-hybridized carbons (Fsp3) is 0.529. The Labute approximate surface area is 113 Å². The van der Waals surface area contributed by atoms with Gasteiger partial charge in [0.05, 0.1) is 0 Å². The van der Waals surface area contributed by atoms with Crippen LogP contribution in [0.3, 0.4) is 0 Å². The molecule has 2 fully saturated rings. The molecule has 19 heavy (non-hydrogen) atoms. The summed E-state index contributed by atoms with van der Waals surface area (Å²) in [5, 5.41) is 11.7. The van der Waals surface area contributed by atoms with E-state index in [1.807, 2.05) is 12.1 Å². The van der Waals surface area contributed by atoms with E-state index in [2.05, 4.69) is 19.1 Å². The molecule has 2 aromatic rings. The molecule has 1 N–H and O–H groups in total. The fourth-order valence-corrected chi connectivity index (χ4v) is 4.08. The summed E-state index contributed by atoms with van der Waals surface area (Å²) in [7, 11) is 0. The summed E-state index contributed by atoms with van der Waals surface area (Å²) in [6, 6.07) is 8.18. The first kappa shape index (κ1) is 11.5. The minimum Gasteiger partial charge on any atom is -0.458 e. The molecule has 2 aliphatic rings.